The number of para-hydroxylation sites is 1. The van der Waals surface area contributed by atoms with E-state index in [4.69, 9.17) is 4.98 Å². The van der Waals surface area contributed by atoms with Crippen LogP contribution >= 0.6 is 30.0 Å². The molecule has 0 atom stereocenters. The molecule has 1 fully saturated rings. The minimum atomic E-state index is 0.0591. The number of amides is 1. The first-order valence-corrected chi connectivity index (χ1v) is 16.4. The summed E-state index contributed by atoms with van der Waals surface area (Å²) in [6.45, 7) is 1.64. The van der Waals surface area contributed by atoms with Crippen molar-refractivity contribution in [2.24, 2.45) is 0 Å². The molecule has 3 nitrogen and oxygen atoms in total. The zero-order valence-corrected chi connectivity index (χ0v) is 18.6. The molecule has 0 radical (unpaired) electrons. The van der Waals surface area contributed by atoms with Crippen molar-refractivity contribution < 1.29 is 22.0 Å². The number of piperidine rings is 1. The Morgan fingerprint density at radius 2 is 1.84 bits per heavy atom. The topological polar surface area (TPSA) is 33.2 Å². The molecule has 0 spiro atoms. The molecule has 0 N–H and O–H groups in total. The van der Waals surface area contributed by atoms with Gasteiger partial charge >= 0.3 is 148 Å². The van der Waals surface area contributed by atoms with Gasteiger partial charge in [-0.1, -0.05) is 12.1 Å². The fourth-order valence-electron chi connectivity index (χ4n) is 3.22. The van der Waals surface area contributed by atoms with Gasteiger partial charge in [0.25, 0.3) is 0 Å². The number of nitrogens with zero attached hydrogens (tertiary/aromatic N) is 2. The number of fused-ring (bicyclic) bond motifs is 1. The summed E-state index contributed by atoms with van der Waals surface area (Å²) >= 11 is 4.31. The fraction of sp³-hybridized carbons (Fsp3) is 0.263. The summed E-state index contributed by atoms with van der Waals surface area (Å²) in [7, 11) is 0. The Labute approximate surface area is 171 Å². The van der Waals surface area contributed by atoms with E-state index >= 15 is 0 Å². The Morgan fingerprint density at radius 3 is 2.52 bits per heavy atom. The second-order valence-corrected chi connectivity index (χ2v) is 11.6. The molecule has 0 saturated carbocycles. The Bertz CT molecular complexity index is 853. The number of halogens is 2. The van der Waals surface area contributed by atoms with E-state index in [1.165, 1.54) is 13.3 Å². The van der Waals surface area contributed by atoms with Gasteiger partial charge in [0, 0.05) is 0 Å². The van der Waals surface area contributed by atoms with Crippen molar-refractivity contribution in [2.45, 2.75) is 18.8 Å². The first-order valence-electron chi connectivity index (χ1n) is 8.25. The summed E-state index contributed by atoms with van der Waals surface area (Å²) in [6, 6.07) is 16.5. The van der Waals surface area contributed by atoms with Crippen molar-refractivity contribution in [1.29, 1.82) is 0 Å². The molecule has 0 unspecified atom stereocenters. The number of hydrogen-bond donors (Lipinski definition) is 0. The van der Waals surface area contributed by atoms with Crippen LogP contribution in [0.2, 0.25) is 0 Å². The average molecular weight is 575 g/mol. The molecule has 2 heterocycles. The summed E-state index contributed by atoms with van der Waals surface area (Å²) < 4.78 is 2.62. The molecule has 1 aliphatic heterocycles. The number of benzene rings is 2. The quantitative estimate of drug-likeness (QED) is 0.448. The van der Waals surface area contributed by atoms with Crippen molar-refractivity contribution in [3.05, 3.63) is 62.7 Å². The molecule has 3 aromatic rings. The van der Waals surface area contributed by atoms with Crippen LogP contribution in [0.4, 0.5) is 0 Å². The van der Waals surface area contributed by atoms with Gasteiger partial charge in [-0.15, -0.1) is 0 Å². The van der Waals surface area contributed by atoms with Crippen molar-refractivity contribution in [3.8, 4) is 0 Å². The summed E-state index contributed by atoms with van der Waals surface area (Å²) in [5.74, 6) is 0.647. The Morgan fingerprint density at radius 1 is 1.12 bits per heavy atom. The molecule has 1 aliphatic rings. The van der Waals surface area contributed by atoms with Crippen molar-refractivity contribution >= 4 is 46.1 Å². The summed E-state index contributed by atoms with van der Waals surface area (Å²) in [5.41, 5.74) is 1.91. The van der Waals surface area contributed by atoms with Gasteiger partial charge in [-0.25, -0.2) is 0 Å². The third-order valence-electron chi connectivity index (χ3n) is 4.62. The van der Waals surface area contributed by atoms with E-state index in [0.717, 1.165) is 37.0 Å². The van der Waals surface area contributed by atoms with E-state index in [2.05, 4.69) is 48.9 Å². The molecule has 1 saturated heterocycles. The second kappa shape index (κ2) is 7.87. The first kappa shape index (κ1) is 17.7. The third kappa shape index (κ3) is 3.85. The molecule has 2 aromatic carbocycles. The van der Waals surface area contributed by atoms with Crippen LogP contribution in [-0.4, -0.2) is 28.9 Å². The van der Waals surface area contributed by atoms with E-state index in [1.807, 2.05) is 23.1 Å². The van der Waals surface area contributed by atoms with Crippen LogP contribution in [0.5, 0.6) is 0 Å². The van der Waals surface area contributed by atoms with E-state index in [1.54, 1.807) is 11.3 Å². The van der Waals surface area contributed by atoms with Gasteiger partial charge < -0.3 is 0 Å². The summed E-state index contributed by atoms with van der Waals surface area (Å²) in [6.07, 6.45) is 2.01. The maximum absolute atomic E-state index is 12.7. The molecule has 130 valence electrons. The maximum atomic E-state index is 12.7. The van der Waals surface area contributed by atoms with Crippen LogP contribution < -0.4 is 17.2 Å². The van der Waals surface area contributed by atoms with Crippen LogP contribution in [0, 0.1) is 3.57 Å². The van der Waals surface area contributed by atoms with Crippen LogP contribution in [0.25, 0.3) is 10.2 Å². The van der Waals surface area contributed by atoms with Crippen LogP contribution in [-0.2, 0) is 0 Å². The number of thiazole rings is 1. The predicted octanol–water partition coefficient (Wildman–Crippen LogP) is 1.92. The standard InChI is InChI=1S/C19H17I2N2OS/c20-21-15-7-5-14(6-8-15)19(24)23-11-9-13(10-12-23)18-22-16-3-1-2-4-17(16)25-18/h1-8,13H,9-12H2/q-1. The molecule has 1 amide bonds. The molecule has 6 heteroatoms. The fourth-order valence-corrected chi connectivity index (χ4v) is 6.81. The molecular formula is C19H17I2N2OS-. The number of rotatable bonds is 3. The third-order valence-corrected chi connectivity index (χ3v) is 10.2. The zero-order valence-electron chi connectivity index (χ0n) is 13.5. The normalized spacial score (nSPS) is 15.8. The monoisotopic (exact) mass is 575 g/mol. The SMILES string of the molecule is O=C(c1ccc([I-]I)cc1)N1CCC(c2nc3ccccc3s2)CC1. The van der Waals surface area contributed by atoms with Gasteiger partial charge in [-0.05, 0) is 12.1 Å². The van der Waals surface area contributed by atoms with Gasteiger partial charge in [-0.2, -0.15) is 0 Å². The number of carbonyl (C=O) groups is 1. The van der Waals surface area contributed by atoms with E-state index in [0.29, 0.717) is 5.92 Å². The van der Waals surface area contributed by atoms with E-state index < -0.39 is 0 Å². The van der Waals surface area contributed by atoms with Gasteiger partial charge in [0.2, 0.25) is 0 Å². The number of aromatic nitrogens is 1. The summed E-state index contributed by atoms with van der Waals surface area (Å²) in [5, 5.41) is 1.23. The minimum absolute atomic E-state index is 0.0591. The first-order chi connectivity index (χ1) is 12.2. The Kier molecular flexibility index (Phi) is 5.56. The van der Waals surface area contributed by atoms with Crippen LogP contribution in [0.15, 0.2) is 48.5 Å². The van der Waals surface area contributed by atoms with Gasteiger partial charge in [-0.3, -0.25) is 0 Å². The van der Waals surface area contributed by atoms with E-state index in [9.17, 15) is 4.79 Å². The molecule has 25 heavy (non-hydrogen) atoms. The number of likely N-dealkylation sites (tertiary alicyclic amines) is 1. The summed E-state index contributed by atoms with van der Waals surface area (Å²) in [4.78, 5) is 19.5. The molecule has 0 bridgehead atoms. The Balaban J connectivity index is 1.42. The second-order valence-electron chi connectivity index (χ2n) is 6.16. The van der Waals surface area contributed by atoms with Crippen LogP contribution in [0.1, 0.15) is 34.1 Å². The zero-order chi connectivity index (χ0) is 17.2. The average Bonchev–Trinajstić information content (AvgIpc) is 3.12. The van der Waals surface area contributed by atoms with Crippen molar-refractivity contribution in [2.75, 3.05) is 13.1 Å². The van der Waals surface area contributed by atoms with Crippen molar-refractivity contribution in [1.82, 2.24) is 9.88 Å². The molecule has 1 aromatic heterocycles. The van der Waals surface area contributed by atoms with Gasteiger partial charge in [0.15, 0.2) is 0 Å². The van der Waals surface area contributed by atoms with E-state index in [-0.39, 0.29) is 23.1 Å². The molecule has 4 rings (SSSR count). The number of hydrogen-bond acceptors (Lipinski definition) is 3. The van der Waals surface area contributed by atoms with Gasteiger partial charge in [0.1, 0.15) is 0 Å². The number of carbonyl (C=O) groups excluding carboxylic acids is 1. The van der Waals surface area contributed by atoms with Crippen LogP contribution in [0.3, 0.4) is 0 Å². The molecular weight excluding hydrogens is 558 g/mol. The Hall–Kier alpha value is -0.740. The van der Waals surface area contributed by atoms with Crippen molar-refractivity contribution in [3.63, 3.8) is 0 Å². The predicted molar refractivity (Wildman–Crippen MR) is 107 cm³/mol. The van der Waals surface area contributed by atoms with Gasteiger partial charge in [0.05, 0.1) is 0 Å². The molecule has 0 aliphatic carbocycles.